The standard InChI is InChI=1S/C34H44N2O5/c1-8-33(4,5)23-16-17-29(27(20-23)34(6,7)9-2)41-19-13-12-18-35-32(40)26-21-28(36-31(39)22(3)37)24-14-10-11-15-25(24)30(26)38/h10-11,14-17,20-21,38H,8-9,12-13,18-19H2,1-7H3,(H,35,40)(H,36,39). The molecule has 0 radical (unpaired) electrons. The van der Waals surface area contributed by atoms with Crippen molar-refractivity contribution < 1.29 is 24.2 Å². The van der Waals surface area contributed by atoms with Gasteiger partial charge in [0.2, 0.25) is 5.78 Å². The quantitative estimate of drug-likeness (QED) is 0.118. The van der Waals surface area contributed by atoms with Gasteiger partial charge in [0.1, 0.15) is 11.5 Å². The molecule has 0 aliphatic rings. The summed E-state index contributed by atoms with van der Waals surface area (Å²) in [6.45, 7) is 15.5. The Hall–Kier alpha value is -3.87. The monoisotopic (exact) mass is 560 g/mol. The van der Waals surface area contributed by atoms with Crippen LogP contribution in [0.5, 0.6) is 11.5 Å². The summed E-state index contributed by atoms with van der Waals surface area (Å²) in [7, 11) is 0. The summed E-state index contributed by atoms with van der Waals surface area (Å²) in [5.74, 6) is -1.18. The van der Waals surface area contributed by atoms with Crippen LogP contribution in [0.1, 0.15) is 95.6 Å². The van der Waals surface area contributed by atoms with Crippen LogP contribution in [0.3, 0.4) is 0 Å². The van der Waals surface area contributed by atoms with Crippen molar-refractivity contribution in [2.75, 3.05) is 18.5 Å². The molecule has 7 heteroatoms. The number of Topliss-reactive ketones (excluding diaryl/α,β-unsaturated/α-hetero) is 1. The van der Waals surface area contributed by atoms with Crippen molar-refractivity contribution in [2.45, 2.75) is 85.0 Å². The van der Waals surface area contributed by atoms with Gasteiger partial charge in [-0.3, -0.25) is 14.4 Å². The van der Waals surface area contributed by atoms with Crippen molar-refractivity contribution in [3.8, 4) is 11.5 Å². The Morgan fingerprint density at radius 2 is 1.54 bits per heavy atom. The Kier molecular flexibility index (Phi) is 10.2. The zero-order valence-corrected chi connectivity index (χ0v) is 25.4. The van der Waals surface area contributed by atoms with Gasteiger partial charge in [-0.25, -0.2) is 0 Å². The van der Waals surface area contributed by atoms with Crippen molar-refractivity contribution in [1.29, 1.82) is 0 Å². The predicted molar refractivity (Wildman–Crippen MR) is 165 cm³/mol. The summed E-state index contributed by atoms with van der Waals surface area (Å²) >= 11 is 0. The van der Waals surface area contributed by atoms with E-state index in [1.165, 1.54) is 24.1 Å². The van der Waals surface area contributed by atoms with Gasteiger partial charge in [-0.05, 0) is 54.2 Å². The lowest BCUT2D eigenvalue weighted by Crippen LogP contribution is -2.25. The average Bonchev–Trinajstić information content (AvgIpc) is 2.95. The molecular weight excluding hydrogens is 516 g/mol. The van der Waals surface area contributed by atoms with Gasteiger partial charge >= 0.3 is 0 Å². The molecule has 3 aromatic carbocycles. The zero-order chi connectivity index (χ0) is 30.4. The number of ether oxygens (including phenoxy) is 1. The average molecular weight is 561 g/mol. The SMILES string of the molecule is CCC(C)(C)c1ccc(OCCCCNC(=O)c2cc(NC(=O)C(C)=O)c3ccccc3c2O)c(C(C)(C)CC)c1. The zero-order valence-electron chi connectivity index (χ0n) is 25.4. The lowest BCUT2D eigenvalue weighted by atomic mass is 9.76. The Labute approximate surface area is 243 Å². The molecule has 3 N–H and O–H groups in total. The van der Waals surface area contributed by atoms with Crippen LogP contribution in [0.4, 0.5) is 5.69 Å². The molecule has 0 saturated carbocycles. The lowest BCUT2D eigenvalue weighted by Gasteiger charge is -2.30. The Balaban J connectivity index is 1.64. The third kappa shape index (κ3) is 7.46. The highest BCUT2D eigenvalue weighted by atomic mass is 16.5. The fourth-order valence-corrected chi connectivity index (χ4v) is 4.55. The second-order valence-electron chi connectivity index (χ2n) is 11.9. The molecule has 0 unspecified atom stereocenters. The van der Waals surface area contributed by atoms with Gasteiger partial charge in [-0.2, -0.15) is 0 Å². The van der Waals surface area contributed by atoms with Crippen molar-refractivity contribution in [1.82, 2.24) is 5.32 Å². The third-order valence-corrected chi connectivity index (χ3v) is 8.20. The molecule has 0 aromatic heterocycles. The molecule has 0 aliphatic carbocycles. The number of hydrogen-bond donors (Lipinski definition) is 3. The van der Waals surface area contributed by atoms with Crippen LogP contribution < -0.4 is 15.4 Å². The minimum absolute atomic E-state index is 0.0201. The van der Waals surface area contributed by atoms with Crippen molar-refractivity contribution in [2.24, 2.45) is 0 Å². The highest BCUT2D eigenvalue weighted by Crippen LogP contribution is 2.39. The van der Waals surface area contributed by atoms with E-state index >= 15 is 0 Å². The minimum atomic E-state index is -0.790. The van der Waals surface area contributed by atoms with Crippen molar-refractivity contribution in [3.63, 3.8) is 0 Å². The summed E-state index contributed by atoms with van der Waals surface area (Å²) in [5, 5.41) is 17.1. The molecule has 0 aliphatic heterocycles. The topological polar surface area (TPSA) is 105 Å². The number of rotatable bonds is 13. The van der Waals surface area contributed by atoms with E-state index in [4.69, 9.17) is 4.74 Å². The second kappa shape index (κ2) is 13.2. The van der Waals surface area contributed by atoms with Gasteiger partial charge in [-0.15, -0.1) is 0 Å². The molecule has 0 spiro atoms. The maximum atomic E-state index is 13.0. The molecule has 0 atom stereocenters. The Morgan fingerprint density at radius 3 is 2.17 bits per heavy atom. The normalized spacial score (nSPS) is 11.8. The number of ketones is 1. The van der Waals surface area contributed by atoms with Crippen LogP contribution in [0.15, 0.2) is 48.5 Å². The number of fused-ring (bicyclic) bond motifs is 1. The summed E-state index contributed by atoms with van der Waals surface area (Å²) in [4.78, 5) is 36.5. The molecule has 7 nitrogen and oxygen atoms in total. The first kappa shape index (κ1) is 31.7. The molecule has 0 heterocycles. The number of carbonyl (C=O) groups is 3. The minimum Gasteiger partial charge on any atom is -0.506 e. The number of benzene rings is 3. The number of nitrogens with one attached hydrogen (secondary N) is 2. The van der Waals surface area contributed by atoms with E-state index in [-0.39, 0.29) is 27.8 Å². The van der Waals surface area contributed by atoms with Gasteiger partial charge in [0, 0.05) is 29.8 Å². The summed E-state index contributed by atoms with van der Waals surface area (Å²) in [5.41, 5.74) is 2.92. The highest BCUT2D eigenvalue weighted by Gasteiger charge is 2.26. The molecule has 3 rings (SSSR count). The van der Waals surface area contributed by atoms with Gasteiger partial charge in [0.25, 0.3) is 11.8 Å². The molecule has 0 fully saturated rings. The van der Waals surface area contributed by atoms with Crippen molar-refractivity contribution in [3.05, 3.63) is 65.2 Å². The number of phenolic OH excluding ortho intramolecular Hbond substituents is 1. The summed E-state index contributed by atoms with van der Waals surface area (Å²) in [6.07, 6.45) is 3.46. The van der Waals surface area contributed by atoms with E-state index in [1.807, 2.05) is 0 Å². The Bertz CT molecular complexity index is 1420. The van der Waals surface area contributed by atoms with E-state index in [2.05, 4.69) is 70.4 Å². The van der Waals surface area contributed by atoms with Gasteiger partial charge in [0.05, 0.1) is 17.9 Å². The number of carbonyl (C=O) groups excluding carboxylic acids is 3. The fourth-order valence-electron chi connectivity index (χ4n) is 4.55. The first-order chi connectivity index (χ1) is 19.3. The van der Waals surface area contributed by atoms with Crippen LogP contribution in [0.2, 0.25) is 0 Å². The van der Waals surface area contributed by atoms with E-state index in [9.17, 15) is 19.5 Å². The first-order valence-electron chi connectivity index (χ1n) is 14.4. The molecule has 3 aromatic rings. The Morgan fingerprint density at radius 1 is 0.878 bits per heavy atom. The van der Waals surface area contributed by atoms with Gasteiger partial charge in [-0.1, -0.05) is 77.9 Å². The third-order valence-electron chi connectivity index (χ3n) is 8.20. The van der Waals surface area contributed by atoms with Crippen LogP contribution >= 0.6 is 0 Å². The number of hydrogen-bond acceptors (Lipinski definition) is 5. The lowest BCUT2D eigenvalue weighted by molar-refractivity contribution is -0.133. The van der Waals surface area contributed by atoms with E-state index < -0.39 is 17.6 Å². The molecule has 220 valence electrons. The maximum Gasteiger partial charge on any atom is 0.291 e. The largest absolute Gasteiger partial charge is 0.506 e. The maximum absolute atomic E-state index is 13.0. The van der Waals surface area contributed by atoms with E-state index in [0.29, 0.717) is 30.3 Å². The predicted octanol–water partition coefficient (Wildman–Crippen LogP) is 7.04. The number of unbranched alkanes of at least 4 members (excludes halogenated alkanes) is 1. The van der Waals surface area contributed by atoms with E-state index in [1.54, 1.807) is 24.3 Å². The molecule has 0 saturated heterocycles. The first-order valence-corrected chi connectivity index (χ1v) is 14.4. The molecule has 0 bridgehead atoms. The van der Waals surface area contributed by atoms with Crippen LogP contribution in [0.25, 0.3) is 10.8 Å². The fraction of sp³-hybridized carbons (Fsp3) is 0.441. The summed E-state index contributed by atoms with van der Waals surface area (Å²) < 4.78 is 6.24. The highest BCUT2D eigenvalue weighted by molar-refractivity contribution is 6.40. The smallest absolute Gasteiger partial charge is 0.291 e. The van der Waals surface area contributed by atoms with Crippen LogP contribution in [0, 0.1) is 0 Å². The molecule has 2 amide bonds. The number of phenols is 1. The number of amides is 2. The van der Waals surface area contributed by atoms with Crippen molar-refractivity contribution >= 4 is 34.1 Å². The van der Waals surface area contributed by atoms with E-state index in [0.717, 1.165) is 25.0 Å². The number of aromatic hydroxyl groups is 1. The molecule has 41 heavy (non-hydrogen) atoms. The van der Waals surface area contributed by atoms with Crippen LogP contribution in [-0.4, -0.2) is 35.9 Å². The molecular formula is C34H44N2O5. The number of anilines is 1. The summed E-state index contributed by atoms with van der Waals surface area (Å²) in [6, 6.07) is 14.8. The van der Waals surface area contributed by atoms with Crippen LogP contribution in [-0.2, 0) is 20.4 Å². The second-order valence-corrected chi connectivity index (χ2v) is 11.9. The van der Waals surface area contributed by atoms with Gasteiger partial charge < -0.3 is 20.5 Å². The van der Waals surface area contributed by atoms with Gasteiger partial charge in [0.15, 0.2) is 0 Å².